The van der Waals surface area contributed by atoms with Crippen LogP contribution in [0.3, 0.4) is 0 Å². The van der Waals surface area contributed by atoms with Crippen LogP contribution in [0.15, 0.2) is 30.5 Å². The van der Waals surface area contributed by atoms with E-state index in [4.69, 9.17) is 14.5 Å². The first-order valence-corrected chi connectivity index (χ1v) is 10.5. The molecule has 0 spiro atoms. The summed E-state index contributed by atoms with van der Waals surface area (Å²) in [5.74, 6) is 4.15. The third kappa shape index (κ3) is 3.44. The highest BCUT2D eigenvalue weighted by Crippen LogP contribution is 2.38. The van der Waals surface area contributed by atoms with Crippen LogP contribution in [0.2, 0.25) is 0 Å². The van der Waals surface area contributed by atoms with E-state index in [0.29, 0.717) is 6.61 Å². The Morgan fingerprint density at radius 1 is 0.958 bits per heavy atom. The van der Waals surface area contributed by atoms with E-state index in [2.05, 4.69) is 24.3 Å². The second-order valence-electron chi connectivity index (χ2n) is 6.63. The van der Waals surface area contributed by atoms with E-state index in [1.54, 1.807) is 0 Å². The molecule has 0 radical (unpaired) electrons. The zero-order chi connectivity index (χ0) is 16.6. The molecule has 0 unspecified atom stereocenters. The Hall–Kier alpha value is -1.17. The molecule has 0 amide bonds. The fourth-order valence-electron chi connectivity index (χ4n) is 2.92. The Morgan fingerprint density at radius 3 is 2.33 bits per heavy atom. The monoisotopic (exact) mass is 359 g/mol. The Labute approximate surface area is 151 Å². The van der Waals surface area contributed by atoms with Crippen molar-refractivity contribution >= 4 is 23.5 Å². The molecule has 0 saturated carbocycles. The van der Waals surface area contributed by atoms with Crippen LogP contribution < -0.4 is 4.74 Å². The number of hydrogen-bond acceptors (Lipinski definition) is 5. The van der Waals surface area contributed by atoms with Crippen molar-refractivity contribution in [1.82, 2.24) is 4.98 Å². The summed E-state index contributed by atoms with van der Waals surface area (Å²) < 4.78 is 12.0. The molecule has 0 aliphatic carbocycles. The number of hydrogen-bond donors (Lipinski definition) is 0. The molecule has 5 heteroatoms. The molecule has 0 atom stereocenters. The van der Waals surface area contributed by atoms with Crippen molar-refractivity contribution in [3.05, 3.63) is 58.4 Å². The third-order valence-electron chi connectivity index (χ3n) is 4.27. The maximum atomic E-state index is 6.16. The topological polar surface area (TPSA) is 31.4 Å². The number of aromatic nitrogens is 1. The highest BCUT2D eigenvalue weighted by atomic mass is 32.2. The summed E-state index contributed by atoms with van der Waals surface area (Å²) in [6.45, 7) is 4.54. The first kappa shape index (κ1) is 16.3. The molecule has 24 heavy (non-hydrogen) atoms. The Kier molecular flexibility index (Phi) is 4.50. The third-order valence-corrected chi connectivity index (χ3v) is 6.34. The molecule has 3 nitrogen and oxygen atoms in total. The quantitative estimate of drug-likeness (QED) is 0.667. The maximum absolute atomic E-state index is 6.16. The number of benzene rings is 1. The normalized spacial score (nSPS) is 19.4. The van der Waals surface area contributed by atoms with Gasteiger partial charge in [-0.3, -0.25) is 4.98 Å². The van der Waals surface area contributed by atoms with E-state index >= 15 is 0 Å². The number of rotatable bonds is 0. The maximum Gasteiger partial charge on any atom is 0.205 e. The average molecular weight is 360 g/mol. The molecule has 0 N–H and O–H groups in total. The van der Waals surface area contributed by atoms with Crippen molar-refractivity contribution in [2.45, 2.75) is 49.3 Å². The minimum absolute atomic E-state index is 0.583. The van der Waals surface area contributed by atoms with Gasteiger partial charge in [0.1, 0.15) is 0 Å². The number of ether oxygens (including phenoxy) is 2. The van der Waals surface area contributed by atoms with Crippen LogP contribution in [0, 0.1) is 0 Å². The standard InChI is InChI=1S/C19H21NO2S2/c1-19(2)21-8-16-15-7-20-17(18(16)22-19)12-24-10-14-5-3-13(4-6-14)9-23-11-15/h3-7H,8-12H2,1-2H3. The molecule has 0 fully saturated rings. The molecule has 7 rings (SSSR count). The number of pyridine rings is 1. The predicted octanol–water partition coefficient (Wildman–Crippen LogP) is 4.91. The minimum Gasteiger partial charge on any atom is -0.461 e. The van der Waals surface area contributed by atoms with Crippen molar-refractivity contribution in [1.29, 1.82) is 0 Å². The van der Waals surface area contributed by atoms with Crippen molar-refractivity contribution in [3.63, 3.8) is 0 Å². The van der Waals surface area contributed by atoms with Crippen LogP contribution in [0.4, 0.5) is 0 Å². The minimum atomic E-state index is -0.583. The van der Waals surface area contributed by atoms with E-state index in [0.717, 1.165) is 34.5 Å². The van der Waals surface area contributed by atoms with Gasteiger partial charge in [-0.1, -0.05) is 24.3 Å². The van der Waals surface area contributed by atoms with E-state index in [1.165, 1.54) is 22.3 Å². The van der Waals surface area contributed by atoms with Gasteiger partial charge in [-0.25, -0.2) is 0 Å². The van der Waals surface area contributed by atoms with Gasteiger partial charge < -0.3 is 9.47 Å². The van der Waals surface area contributed by atoms with Gasteiger partial charge in [0.2, 0.25) is 5.79 Å². The van der Waals surface area contributed by atoms with Gasteiger partial charge >= 0.3 is 0 Å². The first-order chi connectivity index (χ1) is 11.6. The molecular formula is C19H21NO2S2. The predicted molar refractivity (Wildman–Crippen MR) is 100 cm³/mol. The molecule has 1 aromatic heterocycles. The SMILES string of the molecule is CC1(C)OCc2c3cnc(c2O1)CSCc1ccc(cc1)CSC3. The zero-order valence-corrected chi connectivity index (χ0v) is 15.6. The summed E-state index contributed by atoms with van der Waals surface area (Å²) in [6, 6.07) is 8.98. The van der Waals surface area contributed by atoms with E-state index < -0.39 is 5.79 Å². The molecule has 6 heterocycles. The second kappa shape index (κ2) is 6.62. The van der Waals surface area contributed by atoms with Crippen LogP contribution in [0.25, 0.3) is 0 Å². The van der Waals surface area contributed by atoms with Gasteiger partial charge in [0, 0.05) is 48.6 Å². The van der Waals surface area contributed by atoms with Gasteiger partial charge in [0.05, 0.1) is 12.3 Å². The molecule has 5 aliphatic rings. The fourth-order valence-corrected chi connectivity index (χ4v) is 4.84. The average Bonchev–Trinajstić information content (AvgIpc) is 2.57. The summed E-state index contributed by atoms with van der Waals surface area (Å²) in [6.07, 6.45) is 2.01. The van der Waals surface area contributed by atoms with Crippen LogP contribution in [0.5, 0.6) is 5.75 Å². The molecule has 0 saturated heterocycles. The molecule has 126 valence electrons. The second-order valence-corrected chi connectivity index (χ2v) is 8.60. The Balaban J connectivity index is 1.69. The van der Waals surface area contributed by atoms with E-state index in [-0.39, 0.29) is 0 Å². The lowest BCUT2D eigenvalue weighted by atomic mass is 10.1. The zero-order valence-electron chi connectivity index (χ0n) is 14.0. The van der Waals surface area contributed by atoms with Gasteiger partial charge in [-0.2, -0.15) is 23.5 Å². The Morgan fingerprint density at radius 2 is 1.62 bits per heavy atom. The Bertz CT molecular complexity index is 744. The van der Waals surface area contributed by atoms with Crippen LogP contribution in [-0.2, 0) is 34.4 Å². The first-order valence-electron chi connectivity index (χ1n) is 8.17. The summed E-state index contributed by atoms with van der Waals surface area (Å²) in [4.78, 5) is 4.72. The van der Waals surface area contributed by atoms with Crippen molar-refractivity contribution in [3.8, 4) is 5.75 Å². The van der Waals surface area contributed by atoms with Gasteiger partial charge in [-0.15, -0.1) is 0 Å². The molecule has 1 aromatic carbocycles. The van der Waals surface area contributed by atoms with Crippen molar-refractivity contribution in [2.24, 2.45) is 0 Å². The lowest BCUT2D eigenvalue weighted by molar-refractivity contribution is -0.180. The summed E-state index contributed by atoms with van der Waals surface area (Å²) >= 11 is 3.79. The highest BCUT2D eigenvalue weighted by molar-refractivity contribution is 7.98. The highest BCUT2D eigenvalue weighted by Gasteiger charge is 2.31. The fraction of sp³-hybridized carbons (Fsp3) is 0.421. The lowest BCUT2D eigenvalue weighted by Crippen LogP contribution is -2.36. The van der Waals surface area contributed by atoms with Crippen LogP contribution in [-0.4, -0.2) is 10.8 Å². The van der Waals surface area contributed by atoms with Crippen LogP contribution >= 0.6 is 23.5 Å². The number of thioether (sulfide) groups is 2. The number of nitrogens with zero attached hydrogens (tertiary/aromatic N) is 1. The van der Waals surface area contributed by atoms with Crippen LogP contribution in [0.1, 0.15) is 41.8 Å². The van der Waals surface area contributed by atoms with E-state index in [1.807, 2.05) is 43.6 Å². The van der Waals surface area contributed by atoms with Gasteiger partial charge in [0.15, 0.2) is 5.75 Å². The van der Waals surface area contributed by atoms with Gasteiger partial charge in [-0.05, 0) is 16.7 Å². The summed E-state index contributed by atoms with van der Waals surface area (Å²) in [5.41, 5.74) is 6.18. The lowest BCUT2D eigenvalue weighted by Gasteiger charge is -2.34. The molecule has 5 aliphatic heterocycles. The van der Waals surface area contributed by atoms with Gasteiger partial charge in [0.25, 0.3) is 0 Å². The van der Waals surface area contributed by atoms with Crippen molar-refractivity contribution in [2.75, 3.05) is 0 Å². The molecule has 4 bridgehead atoms. The summed E-state index contributed by atoms with van der Waals surface area (Å²) in [7, 11) is 0. The molecule has 2 aromatic rings. The summed E-state index contributed by atoms with van der Waals surface area (Å²) in [5, 5.41) is 0. The van der Waals surface area contributed by atoms with E-state index in [9.17, 15) is 0 Å². The smallest absolute Gasteiger partial charge is 0.205 e. The van der Waals surface area contributed by atoms with Crippen molar-refractivity contribution < 1.29 is 9.47 Å². The molecular weight excluding hydrogens is 338 g/mol. The largest absolute Gasteiger partial charge is 0.461 e.